The Balaban J connectivity index is 2.38. The first-order chi connectivity index (χ1) is 9.77. The van der Waals surface area contributed by atoms with Crippen LogP contribution < -0.4 is 4.74 Å². The second-order valence-electron chi connectivity index (χ2n) is 3.87. The van der Waals surface area contributed by atoms with Gasteiger partial charge in [-0.25, -0.2) is 4.39 Å². The Labute approximate surface area is 118 Å². The maximum Gasteiger partial charge on any atom is 0.142 e. The number of ether oxygens (including phenoxy) is 3. The third-order valence-corrected chi connectivity index (χ3v) is 2.33. The lowest BCUT2D eigenvalue weighted by Gasteiger charge is -2.07. The molecular formula is C15H19FO4. The first kappa shape index (κ1) is 16.4. The molecule has 0 heterocycles. The molecule has 1 rings (SSSR count). The van der Waals surface area contributed by atoms with Crippen LogP contribution in [0.25, 0.3) is 0 Å². The van der Waals surface area contributed by atoms with Crippen molar-refractivity contribution in [2.45, 2.75) is 6.42 Å². The van der Waals surface area contributed by atoms with Crippen molar-refractivity contribution < 1.29 is 23.7 Å². The monoisotopic (exact) mass is 282 g/mol. The molecule has 0 aliphatic heterocycles. The normalized spacial score (nSPS) is 9.95. The first-order valence-electron chi connectivity index (χ1n) is 6.36. The topological polar surface area (TPSA) is 47.9 Å². The molecule has 0 fully saturated rings. The van der Waals surface area contributed by atoms with E-state index < -0.39 is 5.82 Å². The van der Waals surface area contributed by atoms with Crippen molar-refractivity contribution in [3.05, 3.63) is 29.6 Å². The van der Waals surface area contributed by atoms with Crippen molar-refractivity contribution >= 4 is 0 Å². The van der Waals surface area contributed by atoms with Gasteiger partial charge in [-0.3, -0.25) is 0 Å². The van der Waals surface area contributed by atoms with E-state index in [4.69, 9.17) is 19.3 Å². The molecule has 0 atom stereocenters. The smallest absolute Gasteiger partial charge is 0.142 e. The zero-order chi connectivity index (χ0) is 14.6. The fraction of sp³-hybridized carbons (Fsp3) is 0.467. The second kappa shape index (κ2) is 10.2. The molecular weight excluding hydrogens is 263 g/mol. The summed E-state index contributed by atoms with van der Waals surface area (Å²) in [6.07, 6.45) is 0.330. The van der Waals surface area contributed by atoms with Gasteiger partial charge >= 0.3 is 0 Å². The molecule has 0 amide bonds. The largest absolute Gasteiger partial charge is 0.491 e. The number of halogens is 1. The van der Waals surface area contributed by atoms with Gasteiger partial charge < -0.3 is 19.3 Å². The molecule has 0 spiro atoms. The Morgan fingerprint density at radius 2 is 2.00 bits per heavy atom. The zero-order valence-corrected chi connectivity index (χ0v) is 11.5. The molecule has 4 nitrogen and oxygen atoms in total. The van der Waals surface area contributed by atoms with E-state index in [0.29, 0.717) is 44.2 Å². The highest BCUT2D eigenvalue weighted by Crippen LogP contribution is 2.15. The molecule has 5 heteroatoms. The van der Waals surface area contributed by atoms with Crippen molar-refractivity contribution in [2.24, 2.45) is 0 Å². The number of hydrogen-bond donors (Lipinski definition) is 1. The zero-order valence-electron chi connectivity index (χ0n) is 11.5. The van der Waals surface area contributed by atoms with Crippen molar-refractivity contribution in [1.29, 1.82) is 0 Å². The number of hydrogen-bond acceptors (Lipinski definition) is 4. The molecule has 0 unspecified atom stereocenters. The van der Waals surface area contributed by atoms with Crippen molar-refractivity contribution in [1.82, 2.24) is 0 Å². The molecule has 110 valence electrons. The van der Waals surface area contributed by atoms with Gasteiger partial charge in [0.15, 0.2) is 0 Å². The Hall–Kier alpha value is -1.61. The molecule has 0 aromatic heterocycles. The molecule has 0 aliphatic rings. The van der Waals surface area contributed by atoms with E-state index in [1.54, 1.807) is 19.2 Å². The fourth-order valence-corrected chi connectivity index (χ4v) is 1.36. The molecule has 0 bridgehead atoms. The minimum Gasteiger partial charge on any atom is -0.491 e. The van der Waals surface area contributed by atoms with Crippen LogP contribution in [0.5, 0.6) is 5.75 Å². The van der Waals surface area contributed by atoms with Crippen LogP contribution in [0.15, 0.2) is 18.2 Å². The third kappa shape index (κ3) is 6.53. The highest BCUT2D eigenvalue weighted by molar-refractivity contribution is 5.39. The van der Waals surface area contributed by atoms with Gasteiger partial charge in [-0.05, 0) is 12.1 Å². The maximum absolute atomic E-state index is 13.7. The van der Waals surface area contributed by atoms with Crippen LogP contribution in [0.3, 0.4) is 0 Å². The van der Waals surface area contributed by atoms with E-state index in [1.165, 1.54) is 6.07 Å². The van der Waals surface area contributed by atoms with E-state index in [-0.39, 0.29) is 6.61 Å². The maximum atomic E-state index is 13.7. The average Bonchev–Trinajstić information content (AvgIpc) is 2.45. The van der Waals surface area contributed by atoms with Crippen molar-refractivity contribution in [3.63, 3.8) is 0 Å². The summed E-state index contributed by atoms with van der Waals surface area (Å²) in [5.74, 6) is 5.32. The van der Waals surface area contributed by atoms with Crippen molar-refractivity contribution in [3.8, 4) is 17.6 Å². The Morgan fingerprint density at radius 3 is 2.70 bits per heavy atom. The second-order valence-corrected chi connectivity index (χ2v) is 3.87. The molecule has 20 heavy (non-hydrogen) atoms. The molecule has 0 saturated heterocycles. The van der Waals surface area contributed by atoms with Crippen LogP contribution in [0.4, 0.5) is 4.39 Å². The minimum absolute atomic E-state index is 0.0289. The predicted molar refractivity (Wildman–Crippen MR) is 73.2 cm³/mol. The molecule has 1 N–H and O–H groups in total. The number of methoxy groups -OCH3 is 1. The Bertz CT molecular complexity index is 451. The van der Waals surface area contributed by atoms with Gasteiger partial charge in [0.2, 0.25) is 0 Å². The summed E-state index contributed by atoms with van der Waals surface area (Å²) in [7, 11) is 1.60. The van der Waals surface area contributed by atoms with Gasteiger partial charge in [-0.15, -0.1) is 0 Å². The SMILES string of the molecule is COCCOCCOc1ccc(C#CCCO)c(F)c1. The summed E-state index contributed by atoms with van der Waals surface area (Å²) in [5, 5.41) is 8.60. The average molecular weight is 282 g/mol. The highest BCUT2D eigenvalue weighted by Gasteiger charge is 2.02. The van der Waals surface area contributed by atoms with E-state index >= 15 is 0 Å². The molecule has 0 saturated carbocycles. The highest BCUT2D eigenvalue weighted by atomic mass is 19.1. The summed E-state index contributed by atoms with van der Waals surface area (Å²) in [6.45, 7) is 1.78. The van der Waals surface area contributed by atoms with Crippen LogP contribution >= 0.6 is 0 Å². The van der Waals surface area contributed by atoms with Crippen LogP contribution in [0.2, 0.25) is 0 Å². The van der Waals surface area contributed by atoms with Gasteiger partial charge in [0.05, 0.1) is 32.0 Å². The first-order valence-corrected chi connectivity index (χ1v) is 6.36. The van der Waals surface area contributed by atoms with Crippen molar-refractivity contribution in [2.75, 3.05) is 40.1 Å². The Morgan fingerprint density at radius 1 is 1.20 bits per heavy atom. The lowest BCUT2D eigenvalue weighted by Crippen LogP contribution is -2.10. The van der Waals surface area contributed by atoms with Crippen LogP contribution in [-0.2, 0) is 9.47 Å². The molecule has 0 radical (unpaired) electrons. The summed E-state index contributed by atoms with van der Waals surface area (Å²) < 4.78 is 29.1. The fourth-order valence-electron chi connectivity index (χ4n) is 1.36. The Kier molecular flexibility index (Phi) is 8.40. The number of benzene rings is 1. The van der Waals surface area contributed by atoms with Crippen LogP contribution in [0.1, 0.15) is 12.0 Å². The van der Waals surface area contributed by atoms with Gasteiger partial charge in [0.1, 0.15) is 18.2 Å². The van der Waals surface area contributed by atoms with E-state index in [0.717, 1.165) is 0 Å². The summed E-state index contributed by atoms with van der Waals surface area (Å²) in [6, 6.07) is 4.50. The summed E-state index contributed by atoms with van der Waals surface area (Å²) >= 11 is 0. The predicted octanol–water partition coefficient (Wildman–Crippen LogP) is 1.60. The van der Waals surface area contributed by atoms with Gasteiger partial charge in [0, 0.05) is 19.6 Å². The standard InChI is InChI=1S/C15H19FO4/c1-18-8-9-19-10-11-20-14-6-5-13(15(16)12-14)4-2-3-7-17/h5-6,12,17H,3,7-11H2,1H3. The number of rotatable bonds is 8. The van der Waals surface area contributed by atoms with Gasteiger partial charge in [0.25, 0.3) is 0 Å². The molecule has 1 aromatic rings. The lowest BCUT2D eigenvalue weighted by atomic mass is 10.2. The van der Waals surface area contributed by atoms with E-state index in [1.807, 2.05) is 0 Å². The van der Waals surface area contributed by atoms with E-state index in [2.05, 4.69) is 11.8 Å². The molecule has 0 aliphatic carbocycles. The van der Waals surface area contributed by atoms with Crippen LogP contribution in [-0.4, -0.2) is 45.3 Å². The molecule has 1 aromatic carbocycles. The quantitative estimate of drug-likeness (QED) is 0.581. The number of aliphatic hydroxyl groups is 1. The summed E-state index contributed by atoms with van der Waals surface area (Å²) in [5.41, 5.74) is 0.294. The number of aliphatic hydroxyl groups excluding tert-OH is 1. The van der Waals surface area contributed by atoms with Gasteiger partial charge in [-0.2, -0.15) is 0 Å². The summed E-state index contributed by atoms with van der Waals surface area (Å²) in [4.78, 5) is 0. The van der Waals surface area contributed by atoms with Gasteiger partial charge in [-0.1, -0.05) is 11.8 Å². The van der Waals surface area contributed by atoms with Crippen LogP contribution in [0, 0.1) is 17.7 Å². The lowest BCUT2D eigenvalue weighted by molar-refractivity contribution is 0.0544. The third-order valence-electron chi connectivity index (χ3n) is 2.33. The minimum atomic E-state index is -0.437. The van der Waals surface area contributed by atoms with E-state index in [9.17, 15) is 4.39 Å².